The highest BCUT2D eigenvalue weighted by atomic mass is 79.9. The van der Waals surface area contributed by atoms with E-state index in [9.17, 15) is 0 Å². The lowest BCUT2D eigenvalue weighted by molar-refractivity contribution is 0.306. The van der Waals surface area contributed by atoms with E-state index in [1.807, 2.05) is 18.2 Å². The summed E-state index contributed by atoms with van der Waals surface area (Å²) >= 11 is 9.52. The van der Waals surface area contributed by atoms with Crippen molar-refractivity contribution in [3.63, 3.8) is 0 Å². The molecule has 3 heteroatoms. The second-order valence-corrected chi connectivity index (χ2v) is 7.13. The summed E-state index contributed by atoms with van der Waals surface area (Å²) in [5, 5.41) is 0.625. The van der Waals surface area contributed by atoms with E-state index in [2.05, 4.69) is 61.0 Å². The first-order valence-electron chi connectivity index (χ1n) is 6.53. The van der Waals surface area contributed by atoms with Crippen LogP contribution < -0.4 is 4.74 Å². The Bertz CT molecular complexity index is 585. The van der Waals surface area contributed by atoms with E-state index in [4.69, 9.17) is 16.3 Å². The predicted molar refractivity (Wildman–Crippen MR) is 88.6 cm³/mol. The van der Waals surface area contributed by atoms with E-state index in [0.29, 0.717) is 17.4 Å². The van der Waals surface area contributed by atoms with Gasteiger partial charge in [-0.15, -0.1) is 0 Å². The van der Waals surface area contributed by atoms with E-state index < -0.39 is 0 Å². The van der Waals surface area contributed by atoms with Crippen LogP contribution in [0.25, 0.3) is 0 Å². The molecule has 20 heavy (non-hydrogen) atoms. The summed E-state index contributed by atoms with van der Waals surface area (Å²) in [6, 6.07) is 14.1. The SMILES string of the molecule is CC(C)(C)c1ccc(COc2cc(Br)ccc2Cl)cc1. The van der Waals surface area contributed by atoms with Gasteiger partial charge in [0.05, 0.1) is 5.02 Å². The van der Waals surface area contributed by atoms with E-state index in [-0.39, 0.29) is 5.41 Å². The Labute approximate surface area is 134 Å². The number of hydrogen-bond acceptors (Lipinski definition) is 1. The highest BCUT2D eigenvalue weighted by Crippen LogP contribution is 2.29. The van der Waals surface area contributed by atoms with Gasteiger partial charge in [-0.3, -0.25) is 0 Å². The summed E-state index contributed by atoms with van der Waals surface area (Å²) in [7, 11) is 0. The minimum Gasteiger partial charge on any atom is -0.487 e. The maximum atomic E-state index is 6.10. The van der Waals surface area contributed by atoms with Crippen molar-refractivity contribution in [2.45, 2.75) is 32.8 Å². The summed E-state index contributed by atoms with van der Waals surface area (Å²) in [6.07, 6.45) is 0. The van der Waals surface area contributed by atoms with Crippen LogP contribution in [0.5, 0.6) is 5.75 Å². The van der Waals surface area contributed by atoms with E-state index in [1.165, 1.54) is 5.56 Å². The van der Waals surface area contributed by atoms with Gasteiger partial charge in [-0.05, 0) is 34.7 Å². The van der Waals surface area contributed by atoms with E-state index >= 15 is 0 Å². The van der Waals surface area contributed by atoms with Crippen molar-refractivity contribution >= 4 is 27.5 Å². The van der Waals surface area contributed by atoms with Crippen molar-refractivity contribution in [2.24, 2.45) is 0 Å². The summed E-state index contributed by atoms with van der Waals surface area (Å²) < 4.78 is 6.73. The van der Waals surface area contributed by atoms with Gasteiger partial charge in [0.1, 0.15) is 12.4 Å². The first-order valence-corrected chi connectivity index (χ1v) is 7.70. The fourth-order valence-corrected chi connectivity index (χ4v) is 2.36. The first-order chi connectivity index (χ1) is 9.36. The topological polar surface area (TPSA) is 9.23 Å². The van der Waals surface area contributed by atoms with Crippen LogP contribution in [-0.4, -0.2) is 0 Å². The quantitative estimate of drug-likeness (QED) is 0.659. The van der Waals surface area contributed by atoms with Gasteiger partial charge >= 0.3 is 0 Å². The third-order valence-corrected chi connectivity index (χ3v) is 3.91. The summed E-state index contributed by atoms with van der Waals surface area (Å²) in [4.78, 5) is 0. The van der Waals surface area contributed by atoms with E-state index in [0.717, 1.165) is 10.0 Å². The molecule has 2 rings (SSSR count). The number of hydrogen-bond donors (Lipinski definition) is 0. The molecule has 2 aromatic rings. The van der Waals surface area contributed by atoms with Crippen LogP contribution in [0.15, 0.2) is 46.9 Å². The molecule has 106 valence electrons. The van der Waals surface area contributed by atoms with Crippen LogP contribution in [0.2, 0.25) is 5.02 Å². The van der Waals surface area contributed by atoms with Gasteiger partial charge in [-0.1, -0.05) is 72.6 Å². The molecule has 0 bridgehead atoms. The molecule has 0 aliphatic carbocycles. The second kappa shape index (κ2) is 6.19. The molecule has 0 aliphatic rings. The van der Waals surface area contributed by atoms with Crippen molar-refractivity contribution in [3.05, 3.63) is 63.1 Å². The number of halogens is 2. The van der Waals surface area contributed by atoms with Crippen molar-refractivity contribution in [3.8, 4) is 5.75 Å². The molecule has 0 saturated heterocycles. The van der Waals surface area contributed by atoms with Crippen molar-refractivity contribution in [1.29, 1.82) is 0 Å². The van der Waals surface area contributed by atoms with Gasteiger partial charge < -0.3 is 4.74 Å². The molecule has 0 saturated carbocycles. The third-order valence-electron chi connectivity index (χ3n) is 3.11. The first kappa shape index (κ1) is 15.4. The average Bonchev–Trinajstić information content (AvgIpc) is 2.39. The number of rotatable bonds is 3. The summed E-state index contributed by atoms with van der Waals surface area (Å²) in [5.74, 6) is 0.695. The van der Waals surface area contributed by atoms with Crippen LogP contribution in [0.4, 0.5) is 0 Å². The molecule has 0 amide bonds. The van der Waals surface area contributed by atoms with Gasteiger partial charge in [0, 0.05) is 4.47 Å². The van der Waals surface area contributed by atoms with Gasteiger partial charge in [0.2, 0.25) is 0 Å². The molecule has 0 aromatic heterocycles. The molecule has 2 aromatic carbocycles. The summed E-state index contributed by atoms with van der Waals surface area (Å²) in [5.41, 5.74) is 2.63. The Morgan fingerprint density at radius 2 is 1.70 bits per heavy atom. The number of ether oxygens (including phenoxy) is 1. The zero-order valence-corrected chi connectivity index (χ0v) is 14.3. The van der Waals surface area contributed by atoms with Crippen LogP contribution >= 0.6 is 27.5 Å². The number of benzene rings is 2. The molecule has 0 N–H and O–H groups in total. The second-order valence-electron chi connectivity index (χ2n) is 5.81. The van der Waals surface area contributed by atoms with Crippen LogP contribution in [0, 0.1) is 0 Å². The predicted octanol–water partition coefficient (Wildman–Crippen LogP) is 5.98. The molecule has 0 atom stereocenters. The molecular formula is C17H18BrClO. The molecule has 0 aliphatic heterocycles. The monoisotopic (exact) mass is 352 g/mol. The maximum Gasteiger partial charge on any atom is 0.139 e. The van der Waals surface area contributed by atoms with Gasteiger partial charge in [-0.2, -0.15) is 0 Å². The lowest BCUT2D eigenvalue weighted by Crippen LogP contribution is -2.10. The molecule has 0 fully saturated rings. The van der Waals surface area contributed by atoms with Gasteiger partial charge in [0.15, 0.2) is 0 Å². The average molecular weight is 354 g/mol. The van der Waals surface area contributed by atoms with Crippen LogP contribution in [-0.2, 0) is 12.0 Å². The Hall–Kier alpha value is -0.990. The molecule has 0 radical (unpaired) electrons. The zero-order chi connectivity index (χ0) is 14.8. The maximum absolute atomic E-state index is 6.10. The van der Waals surface area contributed by atoms with Gasteiger partial charge in [0.25, 0.3) is 0 Å². The lowest BCUT2D eigenvalue weighted by atomic mass is 9.87. The Balaban J connectivity index is 2.06. The van der Waals surface area contributed by atoms with Crippen molar-refractivity contribution in [1.82, 2.24) is 0 Å². The lowest BCUT2D eigenvalue weighted by Gasteiger charge is -2.19. The standard InChI is InChI=1S/C17H18BrClO/c1-17(2,3)13-6-4-12(5-7-13)11-20-16-10-14(18)8-9-15(16)19/h4-10H,11H2,1-3H3. The van der Waals surface area contributed by atoms with E-state index in [1.54, 1.807) is 0 Å². The Kier molecular flexibility index (Phi) is 4.77. The third kappa shape index (κ3) is 4.00. The minimum absolute atomic E-state index is 0.174. The highest BCUT2D eigenvalue weighted by molar-refractivity contribution is 9.10. The van der Waals surface area contributed by atoms with Gasteiger partial charge in [-0.25, -0.2) is 0 Å². The normalized spacial score (nSPS) is 11.4. The Morgan fingerprint density at radius 3 is 2.30 bits per heavy atom. The largest absolute Gasteiger partial charge is 0.487 e. The van der Waals surface area contributed by atoms with Crippen molar-refractivity contribution < 1.29 is 4.74 Å². The fourth-order valence-electron chi connectivity index (χ4n) is 1.85. The minimum atomic E-state index is 0.174. The molecule has 1 nitrogen and oxygen atoms in total. The fraction of sp³-hybridized carbons (Fsp3) is 0.294. The Morgan fingerprint density at radius 1 is 1.05 bits per heavy atom. The summed E-state index contributed by atoms with van der Waals surface area (Å²) in [6.45, 7) is 7.14. The molecule has 0 heterocycles. The highest BCUT2D eigenvalue weighted by Gasteiger charge is 2.12. The molecular weight excluding hydrogens is 336 g/mol. The molecule has 0 spiro atoms. The van der Waals surface area contributed by atoms with Crippen molar-refractivity contribution in [2.75, 3.05) is 0 Å². The smallest absolute Gasteiger partial charge is 0.139 e. The van der Waals surface area contributed by atoms with Crippen LogP contribution in [0.3, 0.4) is 0 Å². The van der Waals surface area contributed by atoms with Crippen LogP contribution in [0.1, 0.15) is 31.9 Å². The molecule has 0 unspecified atom stereocenters. The zero-order valence-electron chi connectivity index (χ0n) is 11.9.